The number of benzene rings is 2. The Morgan fingerprint density at radius 1 is 1.06 bits per heavy atom. The van der Waals surface area contributed by atoms with Crippen LogP contribution in [-0.4, -0.2) is 57.1 Å². The molecule has 36 heavy (non-hydrogen) atoms. The molecule has 0 spiro atoms. The van der Waals surface area contributed by atoms with Gasteiger partial charge in [-0.3, -0.25) is 14.3 Å². The lowest BCUT2D eigenvalue weighted by Gasteiger charge is -2.30. The van der Waals surface area contributed by atoms with Crippen LogP contribution in [0.4, 0.5) is 13.2 Å². The van der Waals surface area contributed by atoms with Gasteiger partial charge in [0.25, 0.3) is 5.91 Å². The Labute approximate surface area is 206 Å². The zero-order valence-electron chi connectivity index (χ0n) is 20.1. The van der Waals surface area contributed by atoms with Crippen LogP contribution < -0.4 is 10.6 Å². The average Bonchev–Trinajstić information content (AvgIpc) is 3.18. The van der Waals surface area contributed by atoms with E-state index in [2.05, 4.69) is 15.7 Å². The first kappa shape index (κ1) is 27.2. The summed E-state index contributed by atoms with van der Waals surface area (Å²) in [4.78, 5) is 26.0. The summed E-state index contributed by atoms with van der Waals surface area (Å²) in [6.07, 6.45) is -5.57. The molecule has 1 aromatic heterocycles. The Bertz CT molecular complexity index is 1220. The first-order valence-electron chi connectivity index (χ1n) is 11.3. The van der Waals surface area contributed by atoms with Gasteiger partial charge in [0.2, 0.25) is 5.91 Å². The predicted molar refractivity (Wildman–Crippen MR) is 127 cm³/mol. The van der Waals surface area contributed by atoms with Crippen LogP contribution in [0, 0.1) is 5.41 Å². The number of nitrogens with one attached hydrogen (secondary N) is 2. The molecule has 0 aliphatic rings. The maximum atomic E-state index is 13.3. The van der Waals surface area contributed by atoms with Crippen molar-refractivity contribution in [1.82, 2.24) is 20.4 Å². The van der Waals surface area contributed by atoms with Crippen molar-refractivity contribution >= 4 is 22.7 Å². The molecule has 1 heterocycles. The van der Waals surface area contributed by atoms with E-state index in [0.717, 1.165) is 12.1 Å². The second kappa shape index (κ2) is 10.7. The molecule has 3 aromatic rings. The topological polar surface area (TPSA) is 116 Å². The highest BCUT2D eigenvalue weighted by molar-refractivity contribution is 6.06. The molecule has 0 radical (unpaired) electrons. The van der Waals surface area contributed by atoms with Gasteiger partial charge in [0.15, 0.2) is 5.69 Å². The molecule has 0 aliphatic heterocycles. The molecule has 8 nitrogen and oxygen atoms in total. The van der Waals surface area contributed by atoms with Crippen LogP contribution in [0.15, 0.2) is 48.5 Å². The number of carbonyl (C=O) groups is 2. The molecule has 2 amide bonds. The van der Waals surface area contributed by atoms with E-state index < -0.39 is 47.7 Å². The summed E-state index contributed by atoms with van der Waals surface area (Å²) in [7, 11) is 0. The summed E-state index contributed by atoms with van der Waals surface area (Å²) in [5.74, 6) is -1.13. The van der Waals surface area contributed by atoms with Gasteiger partial charge in [-0.15, -0.1) is 0 Å². The molecule has 0 aliphatic carbocycles. The van der Waals surface area contributed by atoms with Crippen LogP contribution in [0.25, 0.3) is 10.9 Å². The van der Waals surface area contributed by atoms with Crippen molar-refractivity contribution in [1.29, 1.82) is 0 Å². The van der Waals surface area contributed by atoms with Crippen molar-refractivity contribution in [2.45, 2.75) is 45.6 Å². The summed E-state index contributed by atoms with van der Waals surface area (Å²) in [5, 5.41) is 28.7. The third-order valence-electron chi connectivity index (χ3n) is 5.61. The predicted octanol–water partition coefficient (Wildman–Crippen LogP) is 2.72. The first-order chi connectivity index (χ1) is 16.8. The highest BCUT2D eigenvalue weighted by Crippen LogP contribution is 2.29. The standard InChI is InChI=1S/C25H29F3N4O4/c1-24(2,3)21(23(36)29-12-17(34)14-33)30-22(35)20-18-6-4-5-7-19(18)32(31-20)13-15-8-10-16(11-9-15)25(26,27)28/h4-11,17,21,33-34H,12-14H2,1-3H3,(H,29,36)(H,30,35)/t17-,21-/m1/s1. The van der Waals surface area contributed by atoms with E-state index >= 15 is 0 Å². The minimum Gasteiger partial charge on any atom is -0.394 e. The maximum Gasteiger partial charge on any atom is 0.416 e. The van der Waals surface area contributed by atoms with Gasteiger partial charge in [-0.2, -0.15) is 18.3 Å². The quantitative estimate of drug-likeness (QED) is 0.375. The van der Waals surface area contributed by atoms with E-state index in [9.17, 15) is 27.9 Å². The Balaban J connectivity index is 1.87. The highest BCUT2D eigenvalue weighted by atomic mass is 19.4. The Morgan fingerprint density at radius 3 is 2.28 bits per heavy atom. The second-order valence-electron chi connectivity index (χ2n) is 9.57. The van der Waals surface area contributed by atoms with Crippen LogP contribution >= 0.6 is 0 Å². The third-order valence-corrected chi connectivity index (χ3v) is 5.61. The van der Waals surface area contributed by atoms with E-state index in [1.165, 1.54) is 16.8 Å². The molecule has 0 saturated carbocycles. The number of hydrogen-bond donors (Lipinski definition) is 4. The molecule has 0 saturated heterocycles. The van der Waals surface area contributed by atoms with Gasteiger partial charge >= 0.3 is 6.18 Å². The first-order valence-corrected chi connectivity index (χ1v) is 11.3. The smallest absolute Gasteiger partial charge is 0.394 e. The fourth-order valence-electron chi connectivity index (χ4n) is 3.65. The van der Waals surface area contributed by atoms with E-state index in [0.29, 0.717) is 16.5 Å². The Morgan fingerprint density at radius 2 is 1.69 bits per heavy atom. The molecule has 0 unspecified atom stereocenters. The van der Waals surface area contributed by atoms with Gasteiger partial charge in [0.1, 0.15) is 6.04 Å². The largest absolute Gasteiger partial charge is 0.416 e. The summed E-state index contributed by atoms with van der Waals surface area (Å²) < 4.78 is 40.2. The minimum atomic E-state index is -4.44. The van der Waals surface area contributed by atoms with Crippen molar-refractivity contribution < 1.29 is 33.0 Å². The van der Waals surface area contributed by atoms with E-state index in [4.69, 9.17) is 5.11 Å². The number of amides is 2. The van der Waals surface area contributed by atoms with Crippen molar-refractivity contribution in [3.05, 3.63) is 65.4 Å². The number of hydrogen-bond acceptors (Lipinski definition) is 5. The number of fused-ring (bicyclic) bond motifs is 1. The van der Waals surface area contributed by atoms with Gasteiger partial charge in [-0.05, 0) is 29.2 Å². The van der Waals surface area contributed by atoms with Gasteiger partial charge in [-0.1, -0.05) is 51.1 Å². The lowest BCUT2D eigenvalue weighted by atomic mass is 9.86. The molecule has 2 aromatic carbocycles. The van der Waals surface area contributed by atoms with Crippen LogP contribution in [0.1, 0.15) is 42.4 Å². The lowest BCUT2D eigenvalue weighted by Crippen LogP contribution is -2.54. The van der Waals surface area contributed by atoms with Crippen molar-refractivity contribution in [2.24, 2.45) is 5.41 Å². The number of aliphatic hydroxyl groups is 2. The van der Waals surface area contributed by atoms with Crippen LogP contribution in [0.3, 0.4) is 0 Å². The van der Waals surface area contributed by atoms with E-state index in [1.54, 1.807) is 45.0 Å². The number of halogens is 3. The normalized spacial score (nSPS) is 13.9. The van der Waals surface area contributed by atoms with Crippen molar-refractivity contribution in [2.75, 3.05) is 13.2 Å². The van der Waals surface area contributed by atoms with Gasteiger partial charge in [0.05, 0.1) is 30.3 Å². The number of rotatable bonds is 8. The summed E-state index contributed by atoms with van der Waals surface area (Å²) in [5.41, 5.74) is -0.213. The monoisotopic (exact) mass is 506 g/mol. The highest BCUT2D eigenvalue weighted by Gasteiger charge is 2.34. The van der Waals surface area contributed by atoms with Gasteiger partial charge in [0, 0.05) is 11.9 Å². The fraction of sp³-hybridized carbons (Fsp3) is 0.400. The summed E-state index contributed by atoms with van der Waals surface area (Å²) in [6.45, 7) is 4.73. The molecule has 2 atom stereocenters. The molecule has 3 rings (SSSR count). The SMILES string of the molecule is CC(C)(C)[C@H](NC(=O)c1nn(Cc2ccc(C(F)(F)F)cc2)c2ccccc12)C(=O)NC[C@@H](O)CO. The molecule has 194 valence electrons. The second-order valence-corrected chi connectivity index (χ2v) is 9.57. The molecule has 11 heteroatoms. The van der Waals surface area contributed by atoms with Crippen LogP contribution in [-0.2, 0) is 17.5 Å². The molecule has 0 bridgehead atoms. The summed E-state index contributed by atoms with van der Waals surface area (Å²) >= 11 is 0. The number of aromatic nitrogens is 2. The number of carbonyl (C=O) groups excluding carboxylic acids is 2. The maximum absolute atomic E-state index is 13.3. The zero-order valence-corrected chi connectivity index (χ0v) is 20.1. The average molecular weight is 507 g/mol. The van der Waals surface area contributed by atoms with E-state index in [1.807, 2.05) is 0 Å². The van der Waals surface area contributed by atoms with Crippen molar-refractivity contribution in [3.8, 4) is 0 Å². The number of alkyl halides is 3. The number of nitrogens with zero attached hydrogens (tertiary/aromatic N) is 2. The molecular formula is C25H29F3N4O4. The third kappa shape index (κ3) is 6.41. The zero-order chi connectivity index (χ0) is 26.7. The lowest BCUT2D eigenvalue weighted by molar-refractivity contribution is -0.137. The Kier molecular flexibility index (Phi) is 8.05. The van der Waals surface area contributed by atoms with Crippen molar-refractivity contribution in [3.63, 3.8) is 0 Å². The summed E-state index contributed by atoms with van der Waals surface area (Å²) in [6, 6.07) is 10.7. The van der Waals surface area contributed by atoms with Gasteiger partial charge < -0.3 is 20.8 Å². The molecular weight excluding hydrogens is 477 g/mol. The van der Waals surface area contributed by atoms with Crippen LogP contribution in [0.5, 0.6) is 0 Å². The number of aliphatic hydroxyl groups excluding tert-OH is 2. The number of para-hydroxylation sites is 1. The fourth-order valence-corrected chi connectivity index (χ4v) is 3.65. The van der Waals surface area contributed by atoms with Gasteiger partial charge in [-0.25, -0.2) is 0 Å². The molecule has 0 fully saturated rings. The van der Waals surface area contributed by atoms with Crippen LogP contribution in [0.2, 0.25) is 0 Å². The Hall–Kier alpha value is -3.44. The minimum absolute atomic E-state index is 0.0648. The molecule has 4 N–H and O–H groups in total. The van der Waals surface area contributed by atoms with E-state index in [-0.39, 0.29) is 18.8 Å².